The van der Waals surface area contributed by atoms with Gasteiger partial charge in [0.1, 0.15) is 5.82 Å². The summed E-state index contributed by atoms with van der Waals surface area (Å²) in [5.74, 6) is 0.507. The van der Waals surface area contributed by atoms with Crippen LogP contribution < -0.4 is 4.74 Å². The van der Waals surface area contributed by atoms with E-state index in [1.807, 2.05) is 23.7 Å². The van der Waals surface area contributed by atoms with Gasteiger partial charge in [0.15, 0.2) is 0 Å². The molecule has 1 aromatic heterocycles. The lowest BCUT2D eigenvalue weighted by atomic mass is 10.0. The van der Waals surface area contributed by atoms with E-state index in [1.54, 1.807) is 13.0 Å². The van der Waals surface area contributed by atoms with Gasteiger partial charge in [0.25, 0.3) is 0 Å². The van der Waals surface area contributed by atoms with E-state index in [4.69, 9.17) is 4.74 Å². The molecule has 0 aliphatic heterocycles. The maximum absolute atomic E-state index is 13.8. The minimum absolute atomic E-state index is 0.110. The normalized spacial score (nSPS) is 12.7. The van der Waals surface area contributed by atoms with Crippen molar-refractivity contribution in [3.05, 3.63) is 46.4 Å². The maximum Gasteiger partial charge on any atom is 0.236 e. The SMILES string of the molecule is CCC(C)Oc1nn(C(C)C)c(C)c1Cc1ccc(C)c(F)c1. The van der Waals surface area contributed by atoms with Crippen LogP contribution in [-0.4, -0.2) is 15.9 Å². The third-order valence-electron chi connectivity index (χ3n) is 4.23. The van der Waals surface area contributed by atoms with Crippen LogP contribution >= 0.6 is 0 Å². The van der Waals surface area contributed by atoms with E-state index in [-0.39, 0.29) is 18.0 Å². The molecule has 126 valence electrons. The molecule has 1 unspecified atom stereocenters. The van der Waals surface area contributed by atoms with Gasteiger partial charge in [-0.3, -0.25) is 4.68 Å². The third-order valence-corrected chi connectivity index (χ3v) is 4.23. The predicted octanol–water partition coefficient (Wildman–Crippen LogP) is 4.99. The van der Waals surface area contributed by atoms with E-state index in [1.165, 1.54) is 0 Å². The second-order valence-electron chi connectivity index (χ2n) is 6.50. The first-order chi connectivity index (χ1) is 10.8. The fourth-order valence-electron chi connectivity index (χ4n) is 2.55. The summed E-state index contributed by atoms with van der Waals surface area (Å²) < 4.78 is 21.8. The third kappa shape index (κ3) is 3.92. The molecule has 0 bridgehead atoms. The molecule has 0 saturated carbocycles. The molecule has 23 heavy (non-hydrogen) atoms. The second-order valence-corrected chi connectivity index (χ2v) is 6.50. The zero-order valence-corrected chi connectivity index (χ0v) is 15.0. The van der Waals surface area contributed by atoms with Gasteiger partial charge in [-0.05, 0) is 58.2 Å². The van der Waals surface area contributed by atoms with Crippen molar-refractivity contribution in [3.63, 3.8) is 0 Å². The van der Waals surface area contributed by atoms with Crippen molar-refractivity contribution in [1.29, 1.82) is 0 Å². The first-order valence-corrected chi connectivity index (χ1v) is 8.33. The van der Waals surface area contributed by atoms with Gasteiger partial charge in [0, 0.05) is 23.7 Å². The van der Waals surface area contributed by atoms with Gasteiger partial charge < -0.3 is 4.74 Å². The Balaban J connectivity index is 2.39. The molecule has 0 radical (unpaired) electrons. The summed E-state index contributed by atoms with van der Waals surface area (Å²) in [4.78, 5) is 0. The highest BCUT2D eigenvalue weighted by Gasteiger charge is 2.19. The zero-order valence-electron chi connectivity index (χ0n) is 15.0. The minimum Gasteiger partial charge on any atom is -0.473 e. The molecular weight excluding hydrogens is 291 g/mol. The van der Waals surface area contributed by atoms with Crippen LogP contribution in [0, 0.1) is 19.7 Å². The van der Waals surface area contributed by atoms with Gasteiger partial charge in [-0.25, -0.2) is 4.39 Å². The number of hydrogen-bond donors (Lipinski definition) is 0. The summed E-state index contributed by atoms with van der Waals surface area (Å²) in [5, 5.41) is 4.63. The quantitative estimate of drug-likeness (QED) is 0.750. The molecule has 2 aromatic rings. The van der Waals surface area contributed by atoms with E-state index in [0.29, 0.717) is 17.9 Å². The van der Waals surface area contributed by atoms with E-state index in [2.05, 4.69) is 32.8 Å². The summed E-state index contributed by atoms with van der Waals surface area (Å²) >= 11 is 0. The van der Waals surface area contributed by atoms with Gasteiger partial charge in [-0.15, -0.1) is 5.10 Å². The molecule has 0 spiro atoms. The Morgan fingerprint density at radius 1 is 1.22 bits per heavy atom. The monoisotopic (exact) mass is 318 g/mol. The van der Waals surface area contributed by atoms with Crippen molar-refractivity contribution >= 4 is 0 Å². The number of halogens is 1. The van der Waals surface area contributed by atoms with Crippen LogP contribution in [0.25, 0.3) is 0 Å². The highest BCUT2D eigenvalue weighted by molar-refractivity contribution is 5.37. The second kappa shape index (κ2) is 7.16. The standard InChI is InChI=1S/C19H27FN2O/c1-7-14(5)23-19-17(15(6)22(21-19)12(2)3)10-16-9-8-13(4)18(20)11-16/h8-9,11-12,14H,7,10H2,1-6H3. The van der Waals surface area contributed by atoms with Crippen LogP contribution in [0.15, 0.2) is 18.2 Å². The highest BCUT2D eigenvalue weighted by atomic mass is 19.1. The lowest BCUT2D eigenvalue weighted by Crippen LogP contribution is -2.11. The van der Waals surface area contributed by atoms with Gasteiger partial charge in [-0.2, -0.15) is 0 Å². The molecule has 4 heteroatoms. The summed E-state index contributed by atoms with van der Waals surface area (Å²) in [6.45, 7) is 12.2. The molecule has 0 aliphatic carbocycles. The molecule has 0 amide bonds. The van der Waals surface area contributed by atoms with Crippen LogP contribution in [0.3, 0.4) is 0 Å². The van der Waals surface area contributed by atoms with Gasteiger partial charge in [0.05, 0.1) is 6.10 Å². The van der Waals surface area contributed by atoms with Crippen molar-refractivity contribution in [2.75, 3.05) is 0 Å². The van der Waals surface area contributed by atoms with Crippen LogP contribution in [0.1, 0.15) is 62.5 Å². The van der Waals surface area contributed by atoms with Gasteiger partial charge >= 0.3 is 0 Å². The molecule has 1 heterocycles. The molecule has 0 fully saturated rings. The molecule has 0 saturated heterocycles. The summed E-state index contributed by atoms with van der Waals surface area (Å²) in [5.41, 5.74) is 3.73. The summed E-state index contributed by atoms with van der Waals surface area (Å²) in [6, 6.07) is 5.66. The van der Waals surface area contributed by atoms with E-state index >= 15 is 0 Å². The van der Waals surface area contributed by atoms with Crippen molar-refractivity contribution in [3.8, 4) is 5.88 Å². The number of rotatable bonds is 6. The number of nitrogens with zero attached hydrogens (tertiary/aromatic N) is 2. The largest absolute Gasteiger partial charge is 0.473 e. The Morgan fingerprint density at radius 3 is 2.48 bits per heavy atom. The number of hydrogen-bond acceptors (Lipinski definition) is 2. The Hall–Kier alpha value is -1.84. The first kappa shape index (κ1) is 17.5. The molecule has 1 aromatic carbocycles. The predicted molar refractivity (Wildman–Crippen MR) is 91.7 cm³/mol. The summed E-state index contributed by atoms with van der Waals surface area (Å²) in [7, 11) is 0. The van der Waals surface area contributed by atoms with E-state index < -0.39 is 0 Å². The molecule has 0 aliphatic rings. The minimum atomic E-state index is -0.166. The molecule has 2 rings (SSSR count). The Bertz CT molecular complexity index is 676. The molecule has 0 N–H and O–H groups in total. The smallest absolute Gasteiger partial charge is 0.236 e. The zero-order chi connectivity index (χ0) is 17.1. The van der Waals surface area contributed by atoms with E-state index in [9.17, 15) is 4.39 Å². The lowest BCUT2D eigenvalue weighted by molar-refractivity contribution is 0.204. The Morgan fingerprint density at radius 2 is 1.91 bits per heavy atom. The van der Waals surface area contributed by atoms with Crippen LogP contribution in [0.4, 0.5) is 4.39 Å². The summed E-state index contributed by atoms with van der Waals surface area (Å²) in [6.07, 6.45) is 1.66. The average molecular weight is 318 g/mol. The number of aryl methyl sites for hydroxylation is 1. The van der Waals surface area contributed by atoms with Crippen LogP contribution in [0.5, 0.6) is 5.88 Å². The number of aromatic nitrogens is 2. The van der Waals surface area contributed by atoms with Gasteiger partial charge in [0.2, 0.25) is 5.88 Å². The fourth-order valence-corrected chi connectivity index (χ4v) is 2.55. The highest BCUT2D eigenvalue weighted by Crippen LogP contribution is 2.28. The Labute approximate surface area is 138 Å². The van der Waals surface area contributed by atoms with Crippen LogP contribution in [-0.2, 0) is 6.42 Å². The fraction of sp³-hybridized carbons (Fsp3) is 0.526. The van der Waals surface area contributed by atoms with E-state index in [0.717, 1.165) is 23.2 Å². The first-order valence-electron chi connectivity index (χ1n) is 8.33. The van der Waals surface area contributed by atoms with Crippen molar-refractivity contribution in [2.24, 2.45) is 0 Å². The van der Waals surface area contributed by atoms with Crippen LogP contribution in [0.2, 0.25) is 0 Å². The van der Waals surface area contributed by atoms with Crippen molar-refractivity contribution in [2.45, 2.75) is 66.5 Å². The van der Waals surface area contributed by atoms with Gasteiger partial charge in [-0.1, -0.05) is 19.1 Å². The molecular formula is C19H27FN2O. The molecule has 1 atom stereocenters. The number of benzene rings is 1. The lowest BCUT2D eigenvalue weighted by Gasteiger charge is -2.12. The maximum atomic E-state index is 13.8. The molecule has 3 nitrogen and oxygen atoms in total. The van der Waals surface area contributed by atoms with Crippen molar-refractivity contribution in [1.82, 2.24) is 9.78 Å². The average Bonchev–Trinajstić information content (AvgIpc) is 2.80. The van der Waals surface area contributed by atoms with Crippen molar-refractivity contribution < 1.29 is 9.13 Å². The number of ether oxygens (including phenoxy) is 1. The topological polar surface area (TPSA) is 27.1 Å². The Kier molecular flexibility index (Phi) is 5.45.